The first-order chi connectivity index (χ1) is 10.2. The molecule has 1 aromatic carbocycles. The van der Waals surface area contributed by atoms with Crippen LogP contribution in [0.3, 0.4) is 0 Å². The van der Waals surface area contributed by atoms with Gasteiger partial charge < -0.3 is 15.2 Å². The highest BCUT2D eigenvalue weighted by atomic mass is 16.2. The third-order valence-corrected chi connectivity index (χ3v) is 4.53. The Balaban J connectivity index is 1.87. The Bertz CT molecular complexity index is 634. The van der Waals surface area contributed by atoms with Crippen molar-refractivity contribution < 1.29 is 4.79 Å². The van der Waals surface area contributed by atoms with Gasteiger partial charge in [-0.2, -0.15) is 0 Å². The van der Waals surface area contributed by atoms with Gasteiger partial charge in [-0.3, -0.25) is 4.79 Å². The Morgan fingerprint density at radius 1 is 1.29 bits per heavy atom. The fourth-order valence-corrected chi connectivity index (χ4v) is 3.10. The van der Waals surface area contributed by atoms with Crippen LogP contribution in [-0.4, -0.2) is 41.0 Å². The number of amides is 1. The van der Waals surface area contributed by atoms with E-state index in [1.54, 1.807) is 0 Å². The molecule has 0 aliphatic carbocycles. The standard InChI is InChI=1S/C17H23N3O/c1-3-14-11-20(15(4-2)10-19-14)17(21)13-5-6-16-12(9-13)7-8-18-16/h5-9,14-15,18-19H,3-4,10-11H2,1-2H3. The molecule has 4 heteroatoms. The van der Waals surface area contributed by atoms with E-state index in [2.05, 4.69) is 29.0 Å². The fraction of sp³-hybridized carbons (Fsp3) is 0.471. The van der Waals surface area contributed by atoms with Gasteiger partial charge in [-0.15, -0.1) is 0 Å². The zero-order valence-corrected chi connectivity index (χ0v) is 12.7. The van der Waals surface area contributed by atoms with Crippen molar-refractivity contribution in [3.8, 4) is 0 Å². The smallest absolute Gasteiger partial charge is 0.254 e. The summed E-state index contributed by atoms with van der Waals surface area (Å²) in [6, 6.07) is 8.62. The molecule has 1 saturated heterocycles. The molecule has 1 amide bonds. The molecule has 1 aliphatic rings. The van der Waals surface area contributed by atoms with Crippen molar-refractivity contribution in [2.45, 2.75) is 38.8 Å². The van der Waals surface area contributed by atoms with E-state index in [1.165, 1.54) is 0 Å². The number of benzene rings is 1. The first-order valence-corrected chi connectivity index (χ1v) is 7.84. The number of nitrogens with one attached hydrogen (secondary N) is 2. The predicted octanol–water partition coefficient (Wildman–Crippen LogP) is 2.77. The van der Waals surface area contributed by atoms with Gasteiger partial charge in [0.05, 0.1) is 0 Å². The Hall–Kier alpha value is -1.81. The van der Waals surface area contributed by atoms with Gasteiger partial charge in [-0.25, -0.2) is 0 Å². The Kier molecular flexibility index (Phi) is 3.97. The van der Waals surface area contributed by atoms with Gasteiger partial charge in [0.2, 0.25) is 0 Å². The normalized spacial score (nSPS) is 22.7. The minimum Gasteiger partial charge on any atom is -0.361 e. The molecule has 21 heavy (non-hydrogen) atoms. The molecule has 2 atom stereocenters. The van der Waals surface area contributed by atoms with Gasteiger partial charge in [0.1, 0.15) is 0 Å². The second-order valence-electron chi connectivity index (χ2n) is 5.81. The summed E-state index contributed by atoms with van der Waals surface area (Å²) in [5, 5.41) is 4.63. The summed E-state index contributed by atoms with van der Waals surface area (Å²) in [5.41, 5.74) is 1.86. The van der Waals surface area contributed by atoms with Crippen molar-refractivity contribution in [3.63, 3.8) is 0 Å². The van der Waals surface area contributed by atoms with Crippen LogP contribution in [-0.2, 0) is 0 Å². The van der Waals surface area contributed by atoms with Crippen LogP contribution in [0.4, 0.5) is 0 Å². The molecule has 1 aromatic heterocycles. The van der Waals surface area contributed by atoms with Gasteiger partial charge in [-0.05, 0) is 37.1 Å². The maximum atomic E-state index is 12.9. The van der Waals surface area contributed by atoms with Gasteiger partial charge >= 0.3 is 0 Å². The number of nitrogens with zero attached hydrogens (tertiary/aromatic N) is 1. The van der Waals surface area contributed by atoms with E-state index in [0.717, 1.165) is 42.4 Å². The number of piperazine rings is 1. The molecule has 0 spiro atoms. The van der Waals surface area contributed by atoms with E-state index in [-0.39, 0.29) is 5.91 Å². The molecule has 1 aliphatic heterocycles. The zero-order chi connectivity index (χ0) is 14.8. The topological polar surface area (TPSA) is 48.1 Å². The van der Waals surface area contributed by atoms with Gasteiger partial charge in [0.15, 0.2) is 0 Å². The number of H-pyrrole nitrogens is 1. The molecule has 4 nitrogen and oxygen atoms in total. The van der Waals surface area contributed by atoms with E-state index >= 15 is 0 Å². The largest absolute Gasteiger partial charge is 0.361 e. The highest BCUT2D eigenvalue weighted by Crippen LogP contribution is 2.19. The molecule has 1 fully saturated rings. The highest BCUT2D eigenvalue weighted by molar-refractivity contribution is 5.98. The second-order valence-corrected chi connectivity index (χ2v) is 5.81. The minimum absolute atomic E-state index is 0.157. The van der Waals surface area contributed by atoms with E-state index in [1.807, 2.05) is 30.5 Å². The molecule has 0 bridgehead atoms. The van der Waals surface area contributed by atoms with Crippen LogP contribution in [0, 0.1) is 0 Å². The third-order valence-electron chi connectivity index (χ3n) is 4.53. The van der Waals surface area contributed by atoms with Crippen LogP contribution in [0.15, 0.2) is 30.5 Å². The number of aromatic nitrogens is 1. The number of carbonyl (C=O) groups excluding carboxylic acids is 1. The Labute approximate surface area is 125 Å². The molecule has 2 aromatic rings. The number of hydrogen-bond acceptors (Lipinski definition) is 2. The minimum atomic E-state index is 0.157. The van der Waals surface area contributed by atoms with Crippen LogP contribution >= 0.6 is 0 Å². The first-order valence-electron chi connectivity index (χ1n) is 7.84. The number of fused-ring (bicyclic) bond motifs is 1. The molecule has 0 radical (unpaired) electrons. The summed E-state index contributed by atoms with van der Waals surface area (Å²) in [6.45, 7) is 6.01. The maximum absolute atomic E-state index is 12.9. The lowest BCUT2D eigenvalue weighted by atomic mass is 10.0. The number of aromatic amines is 1. The summed E-state index contributed by atoms with van der Waals surface area (Å²) < 4.78 is 0. The molecule has 112 valence electrons. The number of carbonyl (C=O) groups is 1. The quantitative estimate of drug-likeness (QED) is 0.911. The van der Waals surface area contributed by atoms with Crippen molar-refractivity contribution in [2.75, 3.05) is 13.1 Å². The van der Waals surface area contributed by atoms with Crippen molar-refractivity contribution >= 4 is 16.8 Å². The summed E-state index contributed by atoms with van der Waals surface area (Å²) in [4.78, 5) is 18.1. The van der Waals surface area contributed by atoms with Gasteiger partial charge in [-0.1, -0.05) is 13.8 Å². The predicted molar refractivity (Wildman–Crippen MR) is 85.5 cm³/mol. The summed E-state index contributed by atoms with van der Waals surface area (Å²) >= 11 is 0. The van der Waals surface area contributed by atoms with Crippen LogP contribution in [0.5, 0.6) is 0 Å². The third kappa shape index (κ3) is 2.68. The fourth-order valence-electron chi connectivity index (χ4n) is 3.10. The zero-order valence-electron chi connectivity index (χ0n) is 12.7. The molecular formula is C17H23N3O. The van der Waals surface area contributed by atoms with Gasteiger partial charge in [0, 0.05) is 47.8 Å². The van der Waals surface area contributed by atoms with E-state index < -0.39 is 0 Å². The Morgan fingerprint density at radius 2 is 2.14 bits per heavy atom. The van der Waals surface area contributed by atoms with Crippen LogP contribution < -0.4 is 5.32 Å². The highest BCUT2D eigenvalue weighted by Gasteiger charge is 2.30. The molecule has 2 heterocycles. The van der Waals surface area contributed by atoms with Gasteiger partial charge in [0.25, 0.3) is 5.91 Å². The summed E-state index contributed by atoms with van der Waals surface area (Å²) in [6.07, 6.45) is 3.95. The monoisotopic (exact) mass is 285 g/mol. The number of rotatable bonds is 3. The van der Waals surface area contributed by atoms with Crippen molar-refractivity contribution in [2.24, 2.45) is 0 Å². The molecule has 2 unspecified atom stereocenters. The summed E-state index contributed by atoms with van der Waals surface area (Å²) in [5.74, 6) is 0.157. The van der Waals surface area contributed by atoms with Crippen molar-refractivity contribution in [1.82, 2.24) is 15.2 Å². The van der Waals surface area contributed by atoms with E-state index in [4.69, 9.17) is 0 Å². The number of hydrogen-bond donors (Lipinski definition) is 2. The molecule has 2 N–H and O–H groups in total. The van der Waals surface area contributed by atoms with E-state index in [0.29, 0.717) is 12.1 Å². The lowest BCUT2D eigenvalue weighted by molar-refractivity contribution is 0.0576. The average Bonchev–Trinajstić information content (AvgIpc) is 3.01. The molecule has 0 saturated carbocycles. The first kappa shape index (κ1) is 14.1. The van der Waals surface area contributed by atoms with Crippen molar-refractivity contribution in [1.29, 1.82) is 0 Å². The van der Waals surface area contributed by atoms with Crippen LogP contribution in [0.25, 0.3) is 10.9 Å². The van der Waals surface area contributed by atoms with Crippen molar-refractivity contribution in [3.05, 3.63) is 36.0 Å². The second kappa shape index (κ2) is 5.90. The van der Waals surface area contributed by atoms with E-state index in [9.17, 15) is 4.79 Å². The van der Waals surface area contributed by atoms with Crippen LogP contribution in [0.1, 0.15) is 37.0 Å². The average molecular weight is 285 g/mol. The van der Waals surface area contributed by atoms with Crippen LogP contribution in [0.2, 0.25) is 0 Å². The molecule has 3 rings (SSSR count). The SMILES string of the molecule is CCC1CN(C(=O)c2ccc3[nH]ccc3c2)C(CC)CN1. The lowest BCUT2D eigenvalue weighted by Gasteiger charge is -2.40. The Morgan fingerprint density at radius 3 is 2.90 bits per heavy atom. The maximum Gasteiger partial charge on any atom is 0.254 e. The molecular weight excluding hydrogens is 262 g/mol. The lowest BCUT2D eigenvalue weighted by Crippen LogP contribution is -2.57. The summed E-state index contributed by atoms with van der Waals surface area (Å²) in [7, 11) is 0.